The number of nitrogens with zero attached hydrogens (tertiary/aromatic N) is 4. The molecular formula is C51H32N4O. The van der Waals surface area contributed by atoms with Gasteiger partial charge in [-0.05, 0) is 76.9 Å². The first kappa shape index (κ1) is 31.9. The van der Waals surface area contributed by atoms with Crippen LogP contribution in [-0.2, 0) is 0 Å². The van der Waals surface area contributed by atoms with Crippen LogP contribution >= 0.6 is 0 Å². The molecule has 0 aliphatic carbocycles. The molecular weight excluding hydrogens is 685 g/mol. The van der Waals surface area contributed by atoms with Crippen LogP contribution in [0, 0.1) is 0 Å². The van der Waals surface area contributed by atoms with Gasteiger partial charge >= 0.3 is 0 Å². The number of hydrogen-bond acceptors (Lipinski definition) is 4. The highest BCUT2D eigenvalue weighted by Gasteiger charge is 2.18. The van der Waals surface area contributed by atoms with Gasteiger partial charge in [-0.15, -0.1) is 0 Å². The van der Waals surface area contributed by atoms with E-state index in [0.29, 0.717) is 17.5 Å². The van der Waals surface area contributed by atoms with Crippen LogP contribution in [-0.4, -0.2) is 19.5 Å². The third-order valence-electron chi connectivity index (χ3n) is 10.6. The second-order valence-corrected chi connectivity index (χ2v) is 14.0. The Morgan fingerprint density at radius 3 is 1.66 bits per heavy atom. The highest BCUT2D eigenvalue weighted by Crippen LogP contribution is 2.40. The van der Waals surface area contributed by atoms with Crippen LogP contribution in [0.3, 0.4) is 0 Å². The van der Waals surface area contributed by atoms with Crippen LogP contribution in [0.1, 0.15) is 0 Å². The van der Waals surface area contributed by atoms with Crippen molar-refractivity contribution >= 4 is 43.7 Å². The minimum atomic E-state index is 0.615. The number of furan rings is 1. The molecule has 262 valence electrons. The van der Waals surface area contributed by atoms with E-state index in [0.717, 1.165) is 72.1 Å². The summed E-state index contributed by atoms with van der Waals surface area (Å²) < 4.78 is 8.47. The molecule has 0 saturated heterocycles. The third kappa shape index (κ3) is 5.37. The van der Waals surface area contributed by atoms with E-state index in [9.17, 15) is 0 Å². The van der Waals surface area contributed by atoms with Crippen molar-refractivity contribution in [2.24, 2.45) is 0 Å². The molecule has 0 fully saturated rings. The summed E-state index contributed by atoms with van der Waals surface area (Å²) in [6, 6.07) is 67.5. The quantitative estimate of drug-likeness (QED) is 0.172. The summed E-state index contributed by atoms with van der Waals surface area (Å²) in [6.45, 7) is 0. The number of fused-ring (bicyclic) bond motifs is 6. The molecule has 5 nitrogen and oxygen atoms in total. The van der Waals surface area contributed by atoms with E-state index in [2.05, 4.69) is 150 Å². The van der Waals surface area contributed by atoms with E-state index < -0.39 is 0 Å². The molecule has 0 atom stereocenters. The minimum absolute atomic E-state index is 0.615. The summed E-state index contributed by atoms with van der Waals surface area (Å²) in [5, 5.41) is 4.62. The molecule has 0 unspecified atom stereocenters. The average molecular weight is 717 g/mol. The Balaban J connectivity index is 1.05. The van der Waals surface area contributed by atoms with Crippen molar-refractivity contribution in [2.75, 3.05) is 0 Å². The Bertz CT molecular complexity index is 3250. The number of aromatic nitrogens is 4. The lowest BCUT2D eigenvalue weighted by atomic mass is 9.97. The molecule has 0 radical (unpaired) electrons. The second-order valence-electron chi connectivity index (χ2n) is 14.0. The van der Waals surface area contributed by atoms with E-state index in [1.54, 1.807) is 0 Å². The first-order valence-electron chi connectivity index (χ1n) is 18.8. The molecule has 0 amide bonds. The maximum atomic E-state index is 6.11. The second kappa shape index (κ2) is 13.0. The fourth-order valence-electron chi connectivity index (χ4n) is 8.03. The molecule has 3 aromatic heterocycles. The lowest BCUT2D eigenvalue weighted by Crippen LogP contribution is -2.00. The molecule has 11 aromatic rings. The first-order chi connectivity index (χ1) is 27.7. The molecule has 0 aliphatic heterocycles. The van der Waals surface area contributed by atoms with Crippen LogP contribution in [0.15, 0.2) is 199 Å². The molecule has 0 spiro atoms. The van der Waals surface area contributed by atoms with Gasteiger partial charge in [-0.1, -0.05) is 140 Å². The van der Waals surface area contributed by atoms with Crippen molar-refractivity contribution in [3.63, 3.8) is 0 Å². The Hall–Kier alpha value is -7.63. The molecule has 56 heavy (non-hydrogen) atoms. The third-order valence-corrected chi connectivity index (χ3v) is 10.6. The summed E-state index contributed by atoms with van der Waals surface area (Å²) in [7, 11) is 0. The van der Waals surface area contributed by atoms with Gasteiger partial charge in [0.1, 0.15) is 11.2 Å². The summed E-state index contributed by atoms with van der Waals surface area (Å²) in [5.41, 5.74) is 12.4. The van der Waals surface area contributed by atoms with E-state index >= 15 is 0 Å². The zero-order valence-electron chi connectivity index (χ0n) is 30.2. The van der Waals surface area contributed by atoms with Gasteiger partial charge in [0.15, 0.2) is 17.5 Å². The SMILES string of the molecule is c1ccc(-c2nc(-c3cccc(-c4ccc5oc6ccccc6c5c4)c3)nc(-c3cccc(-c4cccc5c4c4ccccc4n5-c4ccccc4)c3)n2)cc1. The fourth-order valence-corrected chi connectivity index (χ4v) is 8.03. The Morgan fingerprint density at radius 1 is 0.339 bits per heavy atom. The van der Waals surface area contributed by atoms with Crippen LogP contribution in [0.25, 0.3) is 106 Å². The molecule has 5 heteroatoms. The molecule has 0 N–H and O–H groups in total. The van der Waals surface area contributed by atoms with Gasteiger partial charge in [0.05, 0.1) is 11.0 Å². The Kier molecular flexibility index (Phi) is 7.42. The summed E-state index contributed by atoms with van der Waals surface area (Å²) in [5.74, 6) is 1.86. The van der Waals surface area contributed by atoms with E-state index in [-0.39, 0.29) is 0 Å². The Labute approximate surface area is 322 Å². The van der Waals surface area contributed by atoms with Crippen molar-refractivity contribution in [1.29, 1.82) is 0 Å². The largest absolute Gasteiger partial charge is 0.456 e. The van der Waals surface area contributed by atoms with Crippen LogP contribution in [0.4, 0.5) is 0 Å². The van der Waals surface area contributed by atoms with Gasteiger partial charge in [-0.3, -0.25) is 0 Å². The lowest BCUT2D eigenvalue weighted by molar-refractivity contribution is 0.669. The van der Waals surface area contributed by atoms with E-state index in [1.807, 2.05) is 48.5 Å². The molecule has 0 aliphatic rings. The monoisotopic (exact) mass is 716 g/mol. The van der Waals surface area contributed by atoms with E-state index in [1.165, 1.54) is 16.3 Å². The van der Waals surface area contributed by atoms with Crippen LogP contribution < -0.4 is 0 Å². The van der Waals surface area contributed by atoms with Gasteiger partial charge < -0.3 is 8.98 Å². The van der Waals surface area contributed by atoms with Crippen molar-refractivity contribution in [1.82, 2.24) is 19.5 Å². The zero-order chi connectivity index (χ0) is 37.0. The number of para-hydroxylation sites is 3. The highest BCUT2D eigenvalue weighted by molar-refractivity contribution is 6.16. The molecule has 8 aromatic carbocycles. The summed E-state index contributed by atoms with van der Waals surface area (Å²) in [6.07, 6.45) is 0. The van der Waals surface area contributed by atoms with E-state index in [4.69, 9.17) is 19.4 Å². The van der Waals surface area contributed by atoms with Gasteiger partial charge in [-0.2, -0.15) is 0 Å². The van der Waals surface area contributed by atoms with Gasteiger partial charge in [0, 0.05) is 43.9 Å². The fraction of sp³-hybridized carbons (Fsp3) is 0. The lowest BCUT2D eigenvalue weighted by Gasteiger charge is -2.11. The standard InChI is InChI=1S/C51H32N4O/c1-3-14-33(15-4-1)49-52-50(37-18-11-16-34(30-37)35-28-29-47-43(32-35)41-22-8-10-27-46(41)56-47)54-51(53-49)38-19-12-17-36(31-38)40-24-13-26-45-48(40)42-23-7-9-25-44(42)55(45)39-20-5-2-6-21-39/h1-32H. The highest BCUT2D eigenvalue weighted by atomic mass is 16.3. The molecule has 0 saturated carbocycles. The average Bonchev–Trinajstić information content (AvgIpc) is 3.82. The van der Waals surface area contributed by atoms with Gasteiger partial charge in [0.2, 0.25) is 0 Å². The summed E-state index contributed by atoms with van der Waals surface area (Å²) in [4.78, 5) is 15.3. The predicted octanol–water partition coefficient (Wildman–Crippen LogP) is 13.2. The topological polar surface area (TPSA) is 56.7 Å². The van der Waals surface area contributed by atoms with Crippen molar-refractivity contribution in [2.45, 2.75) is 0 Å². The van der Waals surface area contributed by atoms with Crippen molar-refractivity contribution in [3.8, 4) is 62.1 Å². The summed E-state index contributed by atoms with van der Waals surface area (Å²) >= 11 is 0. The minimum Gasteiger partial charge on any atom is -0.456 e. The molecule has 11 rings (SSSR count). The number of hydrogen-bond donors (Lipinski definition) is 0. The van der Waals surface area contributed by atoms with Crippen molar-refractivity contribution < 1.29 is 4.42 Å². The normalized spacial score (nSPS) is 11.6. The Morgan fingerprint density at radius 2 is 0.875 bits per heavy atom. The van der Waals surface area contributed by atoms with Gasteiger partial charge in [0.25, 0.3) is 0 Å². The molecule has 0 bridgehead atoms. The number of rotatable bonds is 6. The molecule has 3 heterocycles. The van der Waals surface area contributed by atoms with Crippen LogP contribution in [0.2, 0.25) is 0 Å². The van der Waals surface area contributed by atoms with Crippen LogP contribution in [0.5, 0.6) is 0 Å². The first-order valence-corrected chi connectivity index (χ1v) is 18.8. The maximum Gasteiger partial charge on any atom is 0.164 e. The van der Waals surface area contributed by atoms with Crippen molar-refractivity contribution in [3.05, 3.63) is 194 Å². The predicted molar refractivity (Wildman–Crippen MR) is 229 cm³/mol. The smallest absolute Gasteiger partial charge is 0.164 e. The zero-order valence-corrected chi connectivity index (χ0v) is 30.2. The number of benzene rings is 8. The van der Waals surface area contributed by atoms with Gasteiger partial charge in [-0.25, -0.2) is 15.0 Å². The maximum absolute atomic E-state index is 6.11.